The number of aromatic hydroxyl groups is 1. The number of hydrogen-bond acceptors (Lipinski definition) is 3. The van der Waals surface area contributed by atoms with Crippen molar-refractivity contribution in [3.8, 4) is 17.0 Å². The van der Waals surface area contributed by atoms with Crippen molar-refractivity contribution in [3.63, 3.8) is 0 Å². The highest BCUT2D eigenvalue weighted by Gasteiger charge is 2.35. The molecule has 0 spiro atoms. The van der Waals surface area contributed by atoms with Gasteiger partial charge in [-0.2, -0.15) is 0 Å². The highest BCUT2D eigenvalue weighted by atomic mass is 19.1. The number of nitrogens with zero attached hydrogens (tertiary/aromatic N) is 1. The lowest BCUT2D eigenvalue weighted by Gasteiger charge is -2.07. The lowest BCUT2D eigenvalue weighted by Crippen LogP contribution is -2.01. The number of nitrogens with two attached hydrogens (primary N) is 1. The highest BCUT2D eigenvalue weighted by Crippen LogP contribution is 2.39. The number of pyridine rings is 1. The summed E-state index contributed by atoms with van der Waals surface area (Å²) in [6.07, 6.45) is 2.49. The molecule has 19 heavy (non-hydrogen) atoms. The van der Waals surface area contributed by atoms with Gasteiger partial charge in [0.05, 0.1) is 11.3 Å². The first-order valence-electron chi connectivity index (χ1n) is 5.97. The molecule has 0 bridgehead atoms. The summed E-state index contributed by atoms with van der Waals surface area (Å²) in [4.78, 5) is 4.06. The van der Waals surface area contributed by atoms with Gasteiger partial charge in [0.1, 0.15) is 5.82 Å². The maximum absolute atomic E-state index is 13.7. The van der Waals surface area contributed by atoms with E-state index >= 15 is 0 Å². The Morgan fingerprint density at radius 1 is 1.21 bits per heavy atom. The second kappa shape index (κ2) is 4.28. The molecule has 5 heteroatoms. The van der Waals surface area contributed by atoms with E-state index in [1.165, 1.54) is 0 Å². The summed E-state index contributed by atoms with van der Waals surface area (Å²) in [6.45, 7) is 0. The third-order valence-corrected chi connectivity index (χ3v) is 3.38. The molecule has 1 aromatic heterocycles. The summed E-state index contributed by atoms with van der Waals surface area (Å²) < 4.78 is 27.4. The zero-order chi connectivity index (χ0) is 13.6. The summed E-state index contributed by atoms with van der Waals surface area (Å²) in [7, 11) is 0. The van der Waals surface area contributed by atoms with Crippen molar-refractivity contribution in [1.82, 2.24) is 4.98 Å². The monoisotopic (exact) mass is 262 g/mol. The molecular formula is C14H12F2N2O. The van der Waals surface area contributed by atoms with Crippen molar-refractivity contribution in [1.29, 1.82) is 0 Å². The first kappa shape index (κ1) is 12.0. The maximum Gasteiger partial charge on any atom is 0.177 e. The van der Waals surface area contributed by atoms with Crippen molar-refractivity contribution in [2.45, 2.75) is 18.4 Å². The van der Waals surface area contributed by atoms with E-state index < -0.39 is 17.4 Å². The Balaban J connectivity index is 2.01. The van der Waals surface area contributed by atoms with Crippen LogP contribution in [0.3, 0.4) is 0 Å². The molecule has 3 nitrogen and oxygen atoms in total. The zero-order valence-electron chi connectivity index (χ0n) is 9.98. The molecule has 1 heterocycles. The lowest BCUT2D eigenvalue weighted by molar-refractivity contribution is 0.429. The second-order valence-electron chi connectivity index (χ2n) is 4.74. The average Bonchev–Trinajstić information content (AvgIpc) is 3.13. The van der Waals surface area contributed by atoms with E-state index in [1.54, 1.807) is 18.3 Å². The zero-order valence-corrected chi connectivity index (χ0v) is 9.98. The number of halogens is 2. The van der Waals surface area contributed by atoms with Crippen molar-refractivity contribution >= 4 is 0 Å². The summed E-state index contributed by atoms with van der Waals surface area (Å²) >= 11 is 0. The quantitative estimate of drug-likeness (QED) is 0.874. The summed E-state index contributed by atoms with van der Waals surface area (Å²) in [5, 5.41) is 9.29. The Morgan fingerprint density at radius 2 is 1.95 bits per heavy atom. The molecule has 1 aliphatic carbocycles. The van der Waals surface area contributed by atoms with E-state index in [4.69, 9.17) is 5.73 Å². The highest BCUT2D eigenvalue weighted by molar-refractivity contribution is 5.63. The first-order valence-corrected chi connectivity index (χ1v) is 5.97. The van der Waals surface area contributed by atoms with Crippen molar-refractivity contribution < 1.29 is 13.9 Å². The molecule has 1 aromatic carbocycles. The van der Waals surface area contributed by atoms with Crippen molar-refractivity contribution in [2.75, 3.05) is 0 Å². The molecular weight excluding hydrogens is 250 g/mol. The Labute approximate surface area is 108 Å². The normalized spacial score (nSPS) is 21.4. The van der Waals surface area contributed by atoms with Crippen LogP contribution in [0.2, 0.25) is 0 Å². The number of phenols is 1. The summed E-state index contributed by atoms with van der Waals surface area (Å²) in [5.41, 5.74) is 6.55. The number of phenolic OH excluding ortho intramolecular Hbond substituents is 1. The SMILES string of the molecule is N[C@@H]1C[C@H]1c1ccc(-c2c(F)ccc(O)c2F)nc1. The van der Waals surface area contributed by atoms with Crippen LogP contribution in [-0.2, 0) is 0 Å². The summed E-state index contributed by atoms with van der Waals surface area (Å²) in [6, 6.07) is 5.46. The van der Waals surface area contributed by atoms with Crippen LogP contribution < -0.4 is 5.73 Å². The van der Waals surface area contributed by atoms with Gasteiger partial charge in [0.25, 0.3) is 0 Å². The van der Waals surface area contributed by atoms with Gasteiger partial charge in [-0.1, -0.05) is 6.07 Å². The number of benzene rings is 1. The fourth-order valence-corrected chi connectivity index (χ4v) is 2.15. The molecule has 0 unspecified atom stereocenters. The largest absolute Gasteiger partial charge is 0.505 e. The Kier molecular flexibility index (Phi) is 2.71. The molecule has 98 valence electrons. The van der Waals surface area contributed by atoms with Crippen LogP contribution in [0.25, 0.3) is 11.3 Å². The van der Waals surface area contributed by atoms with Crippen LogP contribution >= 0.6 is 0 Å². The van der Waals surface area contributed by atoms with E-state index in [0.717, 1.165) is 24.1 Å². The predicted molar refractivity (Wildman–Crippen MR) is 66.6 cm³/mol. The predicted octanol–water partition coefficient (Wildman–Crippen LogP) is 2.55. The minimum atomic E-state index is -0.997. The first-order chi connectivity index (χ1) is 9.08. The van der Waals surface area contributed by atoms with Crippen LogP contribution in [0.1, 0.15) is 17.9 Å². The topological polar surface area (TPSA) is 59.1 Å². The molecule has 0 amide bonds. The average molecular weight is 262 g/mol. The molecule has 2 aromatic rings. The van der Waals surface area contributed by atoms with E-state index in [0.29, 0.717) is 5.92 Å². The Morgan fingerprint density at radius 3 is 2.53 bits per heavy atom. The second-order valence-corrected chi connectivity index (χ2v) is 4.74. The van der Waals surface area contributed by atoms with Crippen LogP contribution in [0.4, 0.5) is 8.78 Å². The molecule has 0 aliphatic heterocycles. The van der Waals surface area contributed by atoms with Gasteiger partial charge < -0.3 is 10.8 Å². The molecule has 0 radical (unpaired) electrons. The standard InChI is InChI=1S/C14H12F2N2O/c15-9-2-4-12(19)14(16)13(9)11-3-1-7(6-18-11)8-5-10(8)17/h1-4,6,8,10,19H,5,17H2/t8-,10+/m0/s1. The minimum absolute atomic E-state index is 0.155. The maximum atomic E-state index is 13.7. The van der Waals surface area contributed by atoms with Crippen molar-refractivity contribution in [3.05, 3.63) is 47.7 Å². The van der Waals surface area contributed by atoms with E-state index in [-0.39, 0.29) is 17.3 Å². The fraction of sp³-hybridized carbons (Fsp3) is 0.214. The summed E-state index contributed by atoms with van der Waals surface area (Å²) in [5.74, 6) is -2.05. The van der Waals surface area contributed by atoms with Gasteiger partial charge in [-0.15, -0.1) is 0 Å². The fourth-order valence-electron chi connectivity index (χ4n) is 2.15. The Hall–Kier alpha value is -2.01. The van der Waals surface area contributed by atoms with E-state index in [2.05, 4.69) is 4.98 Å². The molecule has 3 N–H and O–H groups in total. The third kappa shape index (κ3) is 2.06. The molecule has 1 aliphatic rings. The van der Waals surface area contributed by atoms with Gasteiger partial charge >= 0.3 is 0 Å². The van der Waals surface area contributed by atoms with Gasteiger partial charge in [-0.3, -0.25) is 4.98 Å². The lowest BCUT2D eigenvalue weighted by atomic mass is 10.1. The molecule has 2 atom stereocenters. The van der Waals surface area contributed by atoms with E-state index in [1.807, 2.05) is 0 Å². The van der Waals surface area contributed by atoms with Gasteiger partial charge in [0.2, 0.25) is 0 Å². The minimum Gasteiger partial charge on any atom is -0.505 e. The number of hydrogen-bond donors (Lipinski definition) is 2. The van der Waals surface area contributed by atoms with Crippen LogP contribution in [0.5, 0.6) is 5.75 Å². The molecule has 1 saturated carbocycles. The van der Waals surface area contributed by atoms with Crippen molar-refractivity contribution in [2.24, 2.45) is 5.73 Å². The molecule has 0 saturated heterocycles. The molecule has 3 rings (SSSR count). The van der Waals surface area contributed by atoms with Crippen LogP contribution in [0, 0.1) is 11.6 Å². The number of rotatable bonds is 2. The Bertz CT molecular complexity index is 628. The van der Waals surface area contributed by atoms with Gasteiger partial charge in [0, 0.05) is 18.2 Å². The van der Waals surface area contributed by atoms with Crippen LogP contribution in [0.15, 0.2) is 30.5 Å². The number of aromatic nitrogens is 1. The smallest absolute Gasteiger partial charge is 0.177 e. The van der Waals surface area contributed by atoms with E-state index in [9.17, 15) is 13.9 Å². The molecule has 1 fully saturated rings. The van der Waals surface area contributed by atoms with Gasteiger partial charge in [-0.05, 0) is 30.2 Å². The van der Waals surface area contributed by atoms with Gasteiger partial charge in [0.15, 0.2) is 11.6 Å². The van der Waals surface area contributed by atoms with Crippen LogP contribution in [-0.4, -0.2) is 16.1 Å². The van der Waals surface area contributed by atoms with Gasteiger partial charge in [-0.25, -0.2) is 8.78 Å². The third-order valence-electron chi connectivity index (χ3n) is 3.38.